The number of nitrogens with zero attached hydrogens (tertiary/aromatic N) is 5. The third-order valence-corrected chi connectivity index (χ3v) is 4.90. The van der Waals surface area contributed by atoms with Crippen molar-refractivity contribution in [3.8, 4) is 0 Å². The SMILES string of the molecule is O=C(Nc1ccccc1)C(Sc1nnc(Cn2cncn2)o1)c1ccccc1. The lowest BCUT2D eigenvalue weighted by Gasteiger charge is -2.15. The van der Waals surface area contributed by atoms with E-state index in [-0.39, 0.29) is 5.91 Å². The molecule has 8 nitrogen and oxygen atoms in total. The summed E-state index contributed by atoms with van der Waals surface area (Å²) in [5, 5.41) is 14.8. The summed E-state index contributed by atoms with van der Waals surface area (Å²) < 4.78 is 7.26. The Morgan fingerprint density at radius 3 is 2.54 bits per heavy atom. The van der Waals surface area contributed by atoms with Crippen LogP contribution in [0, 0.1) is 0 Å². The predicted octanol–water partition coefficient (Wildman–Crippen LogP) is 3.18. The molecule has 0 aliphatic rings. The number of para-hydroxylation sites is 1. The number of anilines is 1. The van der Waals surface area contributed by atoms with Crippen molar-refractivity contribution in [1.82, 2.24) is 25.0 Å². The van der Waals surface area contributed by atoms with E-state index >= 15 is 0 Å². The number of carbonyl (C=O) groups excluding carboxylic acids is 1. The van der Waals surface area contributed by atoms with Gasteiger partial charge in [-0.2, -0.15) is 5.10 Å². The first-order valence-electron chi connectivity index (χ1n) is 8.50. The number of nitrogens with one attached hydrogen (secondary N) is 1. The number of hydrogen-bond donors (Lipinski definition) is 1. The first-order chi connectivity index (χ1) is 13.8. The molecule has 2 heterocycles. The highest BCUT2D eigenvalue weighted by molar-refractivity contribution is 8.00. The van der Waals surface area contributed by atoms with Crippen LogP contribution < -0.4 is 5.32 Å². The van der Waals surface area contributed by atoms with E-state index in [0.717, 1.165) is 11.3 Å². The quantitative estimate of drug-likeness (QED) is 0.482. The summed E-state index contributed by atoms with van der Waals surface area (Å²) in [6, 6.07) is 18.8. The summed E-state index contributed by atoms with van der Waals surface area (Å²) in [5.74, 6) is 0.224. The third-order valence-electron chi connectivity index (χ3n) is 3.81. The first kappa shape index (κ1) is 17.9. The average Bonchev–Trinajstić information content (AvgIpc) is 3.40. The Kier molecular flexibility index (Phi) is 5.43. The lowest BCUT2D eigenvalue weighted by atomic mass is 10.1. The lowest BCUT2D eigenvalue weighted by Crippen LogP contribution is -2.19. The molecule has 0 spiro atoms. The smallest absolute Gasteiger partial charge is 0.277 e. The van der Waals surface area contributed by atoms with Crippen molar-refractivity contribution in [3.63, 3.8) is 0 Å². The zero-order chi connectivity index (χ0) is 19.2. The maximum atomic E-state index is 12.9. The molecule has 4 aromatic rings. The summed E-state index contributed by atoms with van der Waals surface area (Å²) in [7, 11) is 0. The van der Waals surface area contributed by atoms with Crippen molar-refractivity contribution >= 4 is 23.4 Å². The maximum Gasteiger partial charge on any atom is 0.277 e. The minimum Gasteiger partial charge on any atom is -0.414 e. The van der Waals surface area contributed by atoms with E-state index in [1.807, 2.05) is 60.7 Å². The Bertz CT molecular complexity index is 1020. The predicted molar refractivity (Wildman–Crippen MR) is 104 cm³/mol. The molecule has 0 fully saturated rings. The van der Waals surface area contributed by atoms with Crippen molar-refractivity contribution in [1.29, 1.82) is 0 Å². The van der Waals surface area contributed by atoms with E-state index in [1.165, 1.54) is 18.1 Å². The van der Waals surface area contributed by atoms with Gasteiger partial charge in [-0.3, -0.25) is 4.79 Å². The van der Waals surface area contributed by atoms with E-state index in [4.69, 9.17) is 4.42 Å². The van der Waals surface area contributed by atoms with E-state index in [2.05, 4.69) is 25.6 Å². The number of benzene rings is 2. The number of thioether (sulfide) groups is 1. The Labute approximate surface area is 165 Å². The molecule has 1 N–H and O–H groups in total. The van der Waals surface area contributed by atoms with Crippen LogP contribution in [0.25, 0.3) is 0 Å². The molecule has 9 heteroatoms. The van der Waals surface area contributed by atoms with Crippen molar-refractivity contribution in [2.24, 2.45) is 0 Å². The number of rotatable bonds is 7. The molecule has 1 unspecified atom stereocenters. The van der Waals surface area contributed by atoms with Gasteiger partial charge in [-0.25, -0.2) is 9.67 Å². The lowest BCUT2D eigenvalue weighted by molar-refractivity contribution is -0.115. The molecule has 0 aliphatic carbocycles. The molecule has 1 atom stereocenters. The summed E-state index contributed by atoms with van der Waals surface area (Å²) >= 11 is 1.21. The van der Waals surface area contributed by atoms with Crippen molar-refractivity contribution in [2.75, 3.05) is 5.32 Å². The summed E-state index contributed by atoms with van der Waals surface area (Å²) in [5.41, 5.74) is 1.57. The highest BCUT2D eigenvalue weighted by atomic mass is 32.2. The van der Waals surface area contributed by atoms with Gasteiger partial charge in [0.2, 0.25) is 11.8 Å². The van der Waals surface area contributed by atoms with Crippen LogP contribution in [0.3, 0.4) is 0 Å². The van der Waals surface area contributed by atoms with Crippen LogP contribution in [0.1, 0.15) is 16.7 Å². The molecule has 0 bridgehead atoms. The molecular weight excluding hydrogens is 376 g/mol. The standard InChI is InChI=1S/C19H16N6O2S/c26-18(22-15-9-5-2-6-10-15)17(14-7-3-1-4-8-14)28-19-24-23-16(27-19)11-25-13-20-12-21-25/h1-10,12-13,17H,11H2,(H,22,26). The van der Waals surface area contributed by atoms with Crippen molar-refractivity contribution < 1.29 is 9.21 Å². The van der Waals surface area contributed by atoms with Crippen LogP contribution in [0.5, 0.6) is 0 Å². The summed E-state index contributed by atoms with van der Waals surface area (Å²) in [6.07, 6.45) is 3.00. The number of aromatic nitrogens is 5. The molecule has 0 saturated heterocycles. The fourth-order valence-electron chi connectivity index (χ4n) is 2.53. The van der Waals surface area contributed by atoms with Gasteiger partial charge in [-0.1, -0.05) is 48.5 Å². The molecule has 0 radical (unpaired) electrons. The fourth-order valence-corrected chi connectivity index (χ4v) is 3.43. The number of carbonyl (C=O) groups is 1. The highest BCUT2D eigenvalue weighted by Gasteiger charge is 2.25. The molecule has 28 heavy (non-hydrogen) atoms. The van der Waals surface area contributed by atoms with Gasteiger partial charge >= 0.3 is 0 Å². The Balaban J connectivity index is 1.52. The van der Waals surface area contributed by atoms with E-state index < -0.39 is 5.25 Å². The molecular formula is C19H16N6O2S. The molecule has 2 aromatic carbocycles. The monoisotopic (exact) mass is 392 g/mol. The third kappa shape index (κ3) is 4.44. The van der Waals surface area contributed by atoms with Crippen LogP contribution in [0.2, 0.25) is 0 Å². The molecule has 1 amide bonds. The fraction of sp³-hybridized carbons (Fsp3) is 0.105. The van der Waals surface area contributed by atoms with Crippen LogP contribution >= 0.6 is 11.8 Å². The first-order valence-corrected chi connectivity index (χ1v) is 9.38. The maximum absolute atomic E-state index is 12.9. The summed E-state index contributed by atoms with van der Waals surface area (Å²) in [4.78, 5) is 16.8. The average molecular weight is 392 g/mol. The minimum atomic E-state index is -0.541. The molecule has 140 valence electrons. The van der Waals surface area contributed by atoms with Crippen molar-refractivity contribution in [2.45, 2.75) is 17.0 Å². The summed E-state index contributed by atoms with van der Waals surface area (Å²) in [6.45, 7) is 0.319. The minimum absolute atomic E-state index is 0.168. The topological polar surface area (TPSA) is 98.7 Å². The van der Waals surface area contributed by atoms with E-state index in [9.17, 15) is 4.79 Å². The molecule has 0 aliphatic heterocycles. The van der Waals surface area contributed by atoms with Gasteiger partial charge in [-0.15, -0.1) is 10.2 Å². The van der Waals surface area contributed by atoms with Gasteiger partial charge in [0, 0.05) is 5.69 Å². The molecule has 4 rings (SSSR count). The van der Waals surface area contributed by atoms with Gasteiger partial charge in [0.1, 0.15) is 24.4 Å². The van der Waals surface area contributed by atoms with Crippen LogP contribution in [0.15, 0.2) is 83.0 Å². The van der Waals surface area contributed by atoms with Gasteiger partial charge in [-0.05, 0) is 29.5 Å². The highest BCUT2D eigenvalue weighted by Crippen LogP contribution is 2.35. The molecule has 0 saturated carbocycles. The second-order valence-electron chi connectivity index (χ2n) is 5.82. The number of amides is 1. The second kappa shape index (κ2) is 8.49. The van der Waals surface area contributed by atoms with Crippen LogP contribution in [-0.4, -0.2) is 30.9 Å². The largest absolute Gasteiger partial charge is 0.414 e. The van der Waals surface area contributed by atoms with Gasteiger partial charge in [0.05, 0.1) is 0 Å². The number of hydrogen-bond acceptors (Lipinski definition) is 7. The Morgan fingerprint density at radius 1 is 1.07 bits per heavy atom. The van der Waals surface area contributed by atoms with E-state index in [1.54, 1.807) is 11.0 Å². The van der Waals surface area contributed by atoms with Crippen LogP contribution in [0.4, 0.5) is 5.69 Å². The Morgan fingerprint density at radius 2 is 1.82 bits per heavy atom. The second-order valence-corrected chi connectivity index (χ2v) is 6.87. The van der Waals surface area contributed by atoms with Crippen molar-refractivity contribution in [3.05, 3.63) is 84.8 Å². The normalized spacial score (nSPS) is 11.9. The van der Waals surface area contributed by atoms with Gasteiger partial charge in [0.15, 0.2) is 0 Å². The Hall–Kier alpha value is -3.46. The van der Waals surface area contributed by atoms with Gasteiger partial charge < -0.3 is 9.73 Å². The zero-order valence-electron chi connectivity index (χ0n) is 14.7. The van der Waals surface area contributed by atoms with Crippen LogP contribution in [-0.2, 0) is 11.3 Å². The van der Waals surface area contributed by atoms with E-state index in [0.29, 0.717) is 17.7 Å². The molecule has 2 aromatic heterocycles. The zero-order valence-corrected chi connectivity index (χ0v) is 15.5. The van der Waals surface area contributed by atoms with Gasteiger partial charge in [0.25, 0.3) is 5.22 Å².